The van der Waals surface area contributed by atoms with E-state index in [4.69, 9.17) is 4.52 Å². The quantitative estimate of drug-likeness (QED) is 0.618. The Morgan fingerprint density at radius 2 is 1.88 bits per heavy atom. The highest BCUT2D eigenvalue weighted by Crippen LogP contribution is 2.26. The second-order valence-electron chi connectivity index (χ2n) is 7.79. The molecular formula is C18H24N4O4. The van der Waals surface area contributed by atoms with Crippen LogP contribution in [0.25, 0.3) is 11.4 Å². The molecule has 0 bridgehead atoms. The number of carbonyl (C=O) groups excluding carboxylic acids is 1. The van der Waals surface area contributed by atoms with Crippen molar-refractivity contribution in [3.8, 4) is 11.4 Å². The number of non-ortho nitro benzene ring substituents is 1. The Morgan fingerprint density at radius 1 is 1.27 bits per heavy atom. The highest BCUT2D eigenvalue weighted by Gasteiger charge is 2.26. The number of amides is 1. The van der Waals surface area contributed by atoms with E-state index in [-0.39, 0.29) is 22.9 Å². The zero-order chi connectivity index (χ0) is 19.5. The van der Waals surface area contributed by atoms with Gasteiger partial charge in [-0.15, -0.1) is 0 Å². The molecule has 8 nitrogen and oxygen atoms in total. The van der Waals surface area contributed by atoms with Gasteiger partial charge in [-0.05, 0) is 23.5 Å². The molecular weight excluding hydrogens is 336 g/mol. The highest BCUT2D eigenvalue weighted by molar-refractivity contribution is 5.77. The minimum atomic E-state index is -0.467. The molecule has 0 aliphatic rings. The fourth-order valence-electron chi connectivity index (χ4n) is 2.43. The molecule has 0 radical (unpaired) electrons. The van der Waals surface area contributed by atoms with Crippen molar-refractivity contribution >= 4 is 11.6 Å². The van der Waals surface area contributed by atoms with Crippen LogP contribution < -0.4 is 5.32 Å². The zero-order valence-corrected chi connectivity index (χ0v) is 15.6. The Morgan fingerprint density at radius 3 is 2.38 bits per heavy atom. The summed E-state index contributed by atoms with van der Waals surface area (Å²) in [5, 5.41) is 17.6. The van der Waals surface area contributed by atoms with E-state index in [1.807, 2.05) is 34.6 Å². The van der Waals surface area contributed by atoms with Crippen molar-refractivity contribution in [2.75, 3.05) is 0 Å². The van der Waals surface area contributed by atoms with Crippen molar-refractivity contribution < 1.29 is 14.2 Å². The topological polar surface area (TPSA) is 111 Å². The van der Waals surface area contributed by atoms with Crippen LogP contribution in [0.5, 0.6) is 0 Å². The van der Waals surface area contributed by atoms with Crippen molar-refractivity contribution in [1.29, 1.82) is 0 Å². The lowest BCUT2D eigenvalue weighted by atomic mass is 9.91. The van der Waals surface area contributed by atoms with Gasteiger partial charge in [0.1, 0.15) is 6.04 Å². The molecule has 1 atom stereocenters. The number of carbonyl (C=O) groups is 1. The predicted molar refractivity (Wildman–Crippen MR) is 96.2 cm³/mol. The van der Waals surface area contributed by atoms with Crippen LogP contribution in [0.4, 0.5) is 5.69 Å². The maximum Gasteiger partial charge on any atom is 0.269 e. The molecule has 1 N–H and O–H groups in total. The molecule has 2 rings (SSSR count). The van der Waals surface area contributed by atoms with E-state index in [0.29, 0.717) is 23.7 Å². The minimum Gasteiger partial charge on any atom is -0.344 e. The fourth-order valence-corrected chi connectivity index (χ4v) is 2.43. The molecule has 0 saturated carbocycles. The number of aromatic nitrogens is 2. The van der Waals surface area contributed by atoms with Crippen LogP contribution in [0, 0.1) is 21.4 Å². The first-order valence-corrected chi connectivity index (χ1v) is 8.44. The summed E-state index contributed by atoms with van der Waals surface area (Å²) in [6.45, 7) is 9.90. The second kappa shape index (κ2) is 7.63. The lowest BCUT2D eigenvalue weighted by Crippen LogP contribution is -2.34. The molecule has 1 heterocycles. The van der Waals surface area contributed by atoms with E-state index in [1.54, 1.807) is 12.1 Å². The van der Waals surface area contributed by atoms with E-state index in [2.05, 4.69) is 15.5 Å². The van der Waals surface area contributed by atoms with Crippen molar-refractivity contribution in [1.82, 2.24) is 15.5 Å². The summed E-state index contributed by atoms with van der Waals surface area (Å²) in [5.41, 5.74) is 0.478. The summed E-state index contributed by atoms with van der Waals surface area (Å²) in [6, 6.07) is 5.50. The lowest BCUT2D eigenvalue weighted by Gasteiger charge is -2.22. The number of rotatable bonds is 6. The fraction of sp³-hybridized carbons (Fsp3) is 0.500. The van der Waals surface area contributed by atoms with Gasteiger partial charge in [-0.3, -0.25) is 14.9 Å². The van der Waals surface area contributed by atoms with Gasteiger partial charge in [0.15, 0.2) is 0 Å². The van der Waals surface area contributed by atoms with Crippen LogP contribution >= 0.6 is 0 Å². The molecule has 0 unspecified atom stereocenters. The number of hydrogen-bond acceptors (Lipinski definition) is 6. The summed E-state index contributed by atoms with van der Waals surface area (Å²) in [4.78, 5) is 26.9. The average molecular weight is 360 g/mol. The summed E-state index contributed by atoms with van der Waals surface area (Å²) in [5.74, 6) is 0.622. The van der Waals surface area contributed by atoms with Crippen LogP contribution in [-0.2, 0) is 4.79 Å². The average Bonchev–Trinajstić information content (AvgIpc) is 3.00. The molecule has 0 fully saturated rings. The maximum atomic E-state index is 12.3. The summed E-state index contributed by atoms with van der Waals surface area (Å²) in [7, 11) is 0. The lowest BCUT2D eigenvalue weighted by molar-refractivity contribution is -0.384. The van der Waals surface area contributed by atoms with Gasteiger partial charge in [-0.25, -0.2) is 0 Å². The van der Waals surface area contributed by atoms with Crippen LogP contribution in [0.1, 0.15) is 53.0 Å². The van der Waals surface area contributed by atoms with Gasteiger partial charge in [0.2, 0.25) is 17.6 Å². The van der Waals surface area contributed by atoms with Crippen molar-refractivity contribution in [2.24, 2.45) is 11.3 Å². The Balaban J connectivity index is 2.18. The van der Waals surface area contributed by atoms with Crippen molar-refractivity contribution in [3.63, 3.8) is 0 Å². The largest absolute Gasteiger partial charge is 0.344 e. The molecule has 26 heavy (non-hydrogen) atoms. The Hall–Kier alpha value is -2.77. The van der Waals surface area contributed by atoms with E-state index in [1.165, 1.54) is 12.1 Å². The van der Waals surface area contributed by atoms with E-state index in [0.717, 1.165) is 0 Å². The van der Waals surface area contributed by atoms with Crippen LogP contribution in [-0.4, -0.2) is 21.0 Å². The Bertz CT molecular complexity index is 775. The van der Waals surface area contributed by atoms with Gasteiger partial charge in [0.25, 0.3) is 5.69 Å². The first-order valence-electron chi connectivity index (χ1n) is 8.44. The predicted octanol–water partition coefficient (Wildman–Crippen LogP) is 3.89. The van der Waals surface area contributed by atoms with E-state index < -0.39 is 11.0 Å². The normalized spacial score (nSPS) is 12.8. The van der Waals surface area contributed by atoms with E-state index >= 15 is 0 Å². The first-order chi connectivity index (χ1) is 12.1. The molecule has 2 aromatic rings. The molecule has 1 aromatic heterocycles. The van der Waals surface area contributed by atoms with Gasteiger partial charge in [-0.1, -0.05) is 39.8 Å². The Kier molecular flexibility index (Phi) is 5.74. The number of nitro groups is 1. The monoisotopic (exact) mass is 360 g/mol. The highest BCUT2D eigenvalue weighted by atomic mass is 16.6. The van der Waals surface area contributed by atoms with Gasteiger partial charge in [0, 0.05) is 24.1 Å². The maximum absolute atomic E-state index is 12.3. The van der Waals surface area contributed by atoms with Crippen molar-refractivity contribution in [3.05, 3.63) is 40.3 Å². The molecule has 1 aromatic carbocycles. The smallest absolute Gasteiger partial charge is 0.269 e. The third-order valence-corrected chi connectivity index (χ3v) is 3.72. The van der Waals surface area contributed by atoms with E-state index in [9.17, 15) is 14.9 Å². The van der Waals surface area contributed by atoms with Gasteiger partial charge in [-0.2, -0.15) is 4.98 Å². The SMILES string of the molecule is CC(C)[C@@H](NC(=O)CC(C)(C)C)c1nc(-c2ccc([N+](=O)[O-])cc2)no1. The standard InChI is InChI=1S/C18H24N4O4/c1-11(2)15(19-14(23)10-18(3,4)5)17-20-16(21-26-17)12-6-8-13(9-7-12)22(24)25/h6-9,11,15H,10H2,1-5H3,(H,19,23)/t15-/m1/s1. The number of nitrogens with one attached hydrogen (secondary N) is 1. The number of nitrogens with zero attached hydrogens (tertiary/aromatic N) is 3. The summed E-state index contributed by atoms with van der Waals surface area (Å²) in [6.07, 6.45) is 0.388. The van der Waals surface area contributed by atoms with Crippen LogP contribution in [0.3, 0.4) is 0 Å². The molecule has 0 aliphatic heterocycles. The van der Waals surface area contributed by atoms with Crippen LogP contribution in [0.15, 0.2) is 28.8 Å². The summed E-state index contributed by atoms with van der Waals surface area (Å²) >= 11 is 0. The first kappa shape index (κ1) is 19.6. The van der Waals surface area contributed by atoms with Crippen molar-refractivity contribution in [2.45, 2.75) is 47.1 Å². The molecule has 8 heteroatoms. The molecule has 0 spiro atoms. The van der Waals surface area contributed by atoms with Gasteiger partial charge < -0.3 is 9.84 Å². The molecule has 1 amide bonds. The van der Waals surface area contributed by atoms with Gasteiger partial charge in [0.05, 0.1) is 4.92 Å². The molecule has 140 valence electrons. The van der Waals surface area contributed by atoms with Crippen LogP contribution in [0.2, 0.25) is 0 Å². The molecule has 0 saturated heterocycles. The Labute approximate surface area is 152 Å². The number of hydrogen-bond donors (Lipinski definition) is 1. The number of nitro benzene ring substituents is 1. The third-order valence-electron chi connectivity index (χ3n) is 3.72. The van der Waals surface area contributed by atoms with Gasteiger partial charge >= 0.3 is 0 Å². The number of benzene rings is 1. The summed E-state index contributed by atoms with van der Waals surface area (Å²) < 4.78 is 5.34. The minimum absolute atomic E-state index is 0.00744. The third kappa shape index (κ3) is 5.11. The molecule has 0 aliphatic carbocycles. The zero-order valence-electron chi connectivity index (χ0n) is 15.6. The second-order valence-corrected chi connectivity index (χ2v) is 7.79.